The Bertz CT molecular complexity index is 1400. The van der Waals surface area contributed by atoms with Crippen molar-refractivity contribution in [3.05, 3.63) is 66.7 Å². The molecule has 336 valence electrons. The van der Waals surface area contributed by atoms with Crippen LogP contribution in [0.3, 0.4) is 0 Å². The van der Waals surface area contributed by atoms with Crippen molar-refractivity contribution in [2.75, 3.05) is 26.2 Å². The summed E-state index contributed by atoms with van der Waals surface area (Å²) in [7, 11) is 0. The molecule has 1 atom stereocenters. The summed E-state index contributed by atoms with van der Waals surface area (Å²) in [4.78, 5) is 39.0. The van der Waals surface area contributed by atoms with Crippen molar-refractivity contribution in [1.82, 2.24) is 15.5 Å². The van der Waals surface area contributed by atoms with E-state index in [1.54, 1.807) is 24.3 Å². The van der Waals surface area contributed by atoms with E-state index in [4.69, 9.17) is 18.9 Å². The fourth-order valence-electron chi connectivity index (χ4n) is 7.37. The molecule has 1 unspecified atom stereocenters. The number of nitrogens with one attached hydrogen (secondary N) is 2. The van der Waals surface area contributed by atoms with E-state index in [2.05, 4.69) is 29.7 Å². The van der Waals surface area contributed by atoms with Gasteiger partial charge in [0, 0.05) is 26.1 Å². The van der Waals surface area contributed by atoms with Gasteiger partial charge in [0.25, 0.3) is 0 Å². The lowest BCUT2D eigenvalue weighted by Crippen LogP contribution is -2.48. The van der Waals surface area contributed by atoms with Crippen LogP contribution in [0.15, 0.2) is 66.7 Å². The lowest BCUT2D eigenvalue weighted by atomic mass is 10.1. The van der Waals surface area contributed by atoms with E-state index in [1.807, 2.05) is 30.3 Å². The zero-order valence-corrected chi connectivity index (χ0v) is 37.2. The van der Waals surface area contributed by atoms with Crippen molar-refractivity contribution >= 4 is 18.3 Å². The van der Waals surface area contributed by atoms with E-state index in [9.17, 15) is 14.4 Å². The molecule has 0 radical (unpaired) electrons. The first-order valence-corrected chi connectivity index (χ1v) is 23.9. The standard InChI is InChI=1S/C50H79N3O7/c1-2-3-4-5-6-7-8-9-10-11-12-13-16-19-22-29-40-51-48(54)57-43-32-24-21-18-15-14-17-20-23-30-41-52-49(55)60-47-35-28-31-42-53(47)50(56)59-46-38-36-45(37-39-46)58-44-33-26-25-27-34-44/h9-10,25-27,33-34,36-39,47H,2-8,11-24,28-32,35,40-43H2,1H3,(H,51,54)(H,52,55). The van der Waals surface area contributed by atoms with Crippen LogP contribution >= 0.6 is 0 Å². The topological polar surface area (TPSA) is 115 Å². The van der Waals surface area contributed by atoms with Crippen LogP contribution in [0.1, 0.15) is 180 Å². The molecule has 0 aromatic heterocycles. The van der Waals surface area contributed by atoms with Gasteiger partial charge in [-0.05, 0) is 94.2 Å². The Kier molecular flexibility index (Phi) is 28.8. The Labute approximate surface area is 362 Å². The first-order chi connectivity index (χ1) is 29.5. The van der Waals surface area contributed by atoms with Crippen LogP contribution in [0.5, 0.6) is 17.2 Å². The Morgan fingerprint density at radius 3 is 1.68 bits per heavy atom. The molecule has 10 nitrogen and oxygen atoms in total. The Balaban J connectivity index is 1.05. The molecule has 0 bridgehead atoms. The van der Waals surface area contributed by atoms with Crippen molar-refractivity contribution in [3.8, 4) is 17.2 Å². The van der Waals surface area contributed by atoms with Gasteiger partial charge in [0.2, 0.25) is 0 Å². The summed E-state index contributed by atoms with van der Waals surface area (Å²) in [5.74, 6) is 1.76. The average molecular weight is 834 g/mol. The van der Waals surface area contributed by atoms with Crippen LogP contribution in [0.4, 0.5) is 14.4 Å². The molecule has 0 aliphatic carbocycles. The largest absolute Gasteiger partial charge is 0.457 e. The highest BCUT2D eigenvalue weighted by molar-refractivity contribution is 5.72. The number of unbranched alkanes of at least 4 members (excludes halogenated alkanes) is 21. The Morgan fingerprint density at radius 1 is 0.583 bits per heavy atom. The van der Waals surface area contributed by atoms with Crippen molar-refractivity contribution < 1.29 is 33.3 Å². The molecule has 10 heteroatoms. The summed E-state index contributed by atoms with van der Waals surface area (Å²) in [6.45, 7) is 4.48. The number of nitrogens with zero attached hydrogens (tertiary/aromatic N) is 1. The van der Waals surface area contributed by atoms with Crippen molar-refractivity contribution in [2.24, 2.45) is 0 Å². The van der Waals surface area contributed by atoms with Gasteiger partial charge in [-0.15, -0.1) is 0 Å². The number of para-hydroxylation sites is 1. The monoisotopic (exact) mass is 834 g/mol. The quantitative estimate of drug-likeness (QED) is 0.0543. The molecule has 3 rings (SSSR count). The minimum atomic E-state index is -0.652. The fourth-order valence-corrected chi connectivity index (χ4v) is 7.37. The van der Waals surface area contributed by atoms with Gasteiger partial charge in [-0.25, -0.2) is 14.4 Å². The molecule has 1 fully saturated rings. The molecule has 1 saturated heterocycles. The molecular weight excluding hydrogens is 755 g/mol. The van der Waals surface area contributed by atoms with Crippen LogP contribution in [0.25, 0.3) is 0 Å². The molecule has 0 saturated carbocycles. The number of hydrogen-bond acceptors (Lipinski definition) is 7. The number of ether oxygens (including phenoxy) is 4. The molecular formula is C50H79N3O7. The molecule has 2 aromatic carbocycles. The molecule has 60 heavy (non-hydrogen) atoms. The molecule has 1 heterocycles. The second-order valence-corrected chi connectivity index (χ2v) is 16.3. The van der Waals surface area contributed by atoms with Crippen molar-refractivity contribution in [3.63, 3.8) is 0 Å². The maximum absolute atomic E-state index is 13.0. The van der Waals surface area contributed by atoms with Gasteiger partial charge in [-0.3, -0.25) is 4.90 Å². The van der Waals surface area contributed by atoms with E-state index in [0.717, 1.165) is 63.5 Å². The van der Waals surface area contributed by atoms with Crippen LogP contribution in [-0.4, -0.2) is 55.6 Å². The number of amides is 3. The highest BCUT2D eigenvalue weighted by atomic mass is 16.6. The number of allylic oxidation sites excluding steroid dienone is 2. The second-order valence-electron chi connectivity index (χ2n) is 16.3. The highest BCUT2D eigenvalue weighted by Crippen LogP contribution is 2.25. The van der Waals surface area contributed by atoms with E-state index >= 15 is 0 Å². The minimum Gasteiger partial charge on any atom is -0.457 e. The molecule has 1 aliphatic heterocycles. The summed E-state index contributed by atoms with van der Waals surface area (Å²) in [5.41, 5.74) is 0. The van der Waals surface area contributed by atoms with Gasteiger partial charge < -0.3 is 29.6 Å². The van der Waals surface area contributed by atoms with E-state index < -0.39 is 18.4 Å². The Hall–Kier alpha value is -4.21. The normalized spacial score (nSPS) is 13.9. The first-order valence-electron chi connectivity index (χ1n) is 23.9. The van der Waals surface area contributed by atoms with Crippen molar-refractivity contribution in [2.45, 2.75) is 187 Å². The maximum Gasteiger partial charge on any atom is 0.418 e. The van der Waals surface area contributed by atoms with Gasteiger partial charge in [0.15, 0.2) is 6.23 Å². The minimum absolute atomic E-state index is 0.280. The zero-order chi connectivity index (χ0) is 42.6. The molecule has 0 spiro atoms. The molecule has 3 amide bonds. The van der Waals surface area contributed by atoms with Crippen LogP contribution in [0.2, 0.25) is 0 Å². The van der Waals surface area contributed by atoms with Crippen molar-refractivity contribution in [1.29, 1.82) is 0 Å². The summed E-state index contributed by atoms with van der Waals surface area (Å²) in [6.07, 6.45) is 34.1. The SMILES string of the molecule is CCCCCCCCC=CCCCCCCCCNC(=O)OCCCCCCCCCCCCNC(=O)OC1CCCCN1C(=O)Oc1ccc(Oc2ccccc2)cc1. The third kappa shape index (κ3) is 25.4. The van der Waals surface area contributed by atoms with Gasteiger partial charge in [0.1, 0.15) is 17.2 Å². The van der Waals surface area contributed by atoms with Gasteiger partial charge >= 0.3 is 18.3 Å². The van der Waals surface area contributed by atoms with E-state index in [0.29, 0.717) is 44.2 Å². The summed E-state index contributed by atoms with van der Waals surface area (Å²) in [5, 5.41) is 5.75. The van der Waals surface area contributed by atoms with Crippen LogP contribution in [-0.2, 0) is 9.47 Å². The average Bonchev–Trinajstić information content (AvgIpc) is 3.26. The number of benzene rings is 2. The lowest BCUT2D eigenvalue weighted by Gasteiger charge is -2.33. The Morgan fingerprint density at radius 2 is 1.08 bits per heavy atom. The number of alkyl carbamates (subject to hydrolysis) is 2. The number of piperidine rings is 1. The first kappa shape index (κ1) is 50.1. The lowest BCUT2D eigenvalue weighted by molar-refractivity contribution is -0.0224. The predicted molar refractivity (Wildman–Crippen MR) is 243 cm³/mol. The number of carbonyl (C=O) groups is 3. The smallest absolute Gasteiger partial charge is 0.418 e. The number of hydrogen-bond donors (Lipinski definition) is 2. The highest BCUT2D eigenvalue weighted by Gasteiger charge is 2.31. The third-order valence-corrected chi connectivity index (χ3v) is 11.0. The predicted octanol–water partition coefficient (Wildman–Crippen LogP) is 14.2. The summed E-state index contributed by atoms with van der Waals surface area (Å²) in [6, 6.07) is 16.3. The second kappa shape index (κ2) is 34.5. The van der Waals surface area contributed by atoms with Gasteiger partial charge in [0.05, 0.1) is 6.61 Å². The van der Waals surface area contributed by atoms with Gasteiger partial charge in [-0.2, -0.15) is 0 Å². The molecule has 2 aromatic rings. The van der Waals surface area contributed by atoms with Crippen LogP contribution < -0.4 is 20.1 Å². The summed E-state index contributed by atoms with van der Waals surface area (Å²) >= 11 is 0. The number of carbonyl (C=O) groups excluding carboxylic acids is 3. The number of likely N-dealkylation sites (tertiary alicyclic amines) is 1. The zero-order valence-electron chi connectivity index (χ0n) is 37.2. The molecule has 1 aliphatic rings. The van der Waals surface area contributed by atoms with E-state index in [-0.39, 0.29) is 6.09 Å². The third-order valence-electron chi connectivity index (χ3n) is 11.0. The number of rotatable bonds is 33. The summed E-state index contributed by atoms with van der Waals surface area (Å²) < 4.78 is 22.4. The fraction of sp³-hybridized carbons (Fsp3) is 0.660. The maximum atomic E-state index is 13.0. The van der Waals surface area contributed by atoms with E-state index in [1.165, 1.54) is 114 Å². The molecule has 2 N–H and O–H groups in total. The van der Waals surface area contributed by atoms with Gasteiger partial charge in [-0.1, -0.05) is 146 Å². The van der Waals surface area contributed by atoms with Crippen LogP contribution in [0, 0.1) is 0 Å².